The standard InChI is InChI=1S/C9H17BrO/c1-2-3-5-8-11-9-6-4-7-10/h4,7H,2-3,5-6,8-9H2,1H3. The van der Waals surface area contributed by atoms with E-state index in [1.165, 1.54) is 19.3 Å². The second-order valence-corrected chi connectivity index (χ2v) is 3.00. The van der Waals surface area contributed by atoms with E-state index >= 15 is 0 Å². The van der Waals surface area contributed by atoms with Crippen LogP contribution >= 0.6 is 15.9 Å². The molecule has 0 aromatic rings. The summed E-state index contributed by atoms with van der Waals surface area (Å²) in [5, 5.41) is 0. The fraction of sp³-hybridized carbons (Fsp3) is 0.778. The maximum atomic E-state index is 5.37. The predicted octanol–water partition coefficient (Wildman–Crippen LogP) is 3.49. The zero-order valence-corrected chi connectivity index (χ0v) is 8.77. The van der Waals surface area contributed by atoms with Crippen LogP contribution in [0.1, 0.15) is 32.6 Å². The van der Waals surface area contributed by atoms with Crippen LogP contribution in [0.25, 0.3) is 0 Å². The average molecular weight is 221 g/mol. The van der Waals surface area contributed by atoms with Crippen molar-refractivity contribution in [2.75, 3.05) is 13.2 Å². The summed E-state index contributed by atoms with van der Waals surface area (Å²) in [6, 6.07) is 0. The number of rotatable bonds is 7. The lowest BCUT2D eigenvalue weighted by Crippen LogP contribution is -1.95. The lowest BCUT2D eigenvalue weighted by molar-refractivity contribution is 0.134. The fourth-order valence-electron chi connectivity index (χ4n) is 0.771. The van der Waals surface area contributed by atoms with Gasteiger partial charge in [-0.2, -0.15) is 0 Å². The second-order valence-electron chi connectivity index (χ2n) is 2.47. The number of halogens is 1. The van der Waals surface area contributed by atoms with Gasteiger partial charge in [-0.25, -0.2) is 0 Å². The second kappa shape index (κ2) is 10.2. The number of hydrogen-bond donors (Lipinski definition) is 0. The van der Waals surface area contributed by atoms with Crippen LogP contribution in [0.5, 0.6) is 0 Å². The first-order valence-corrected chi connectivity index (χ1v) is 5.16. The molecule has 0 saturated carbocycles. The van der Waals surface area contributed by atoms with E-state index in [0.29, 0.717) is 0 Å². The molecule has 0 saturated heterocycles. The van der Waals surface area contributed by atoms with Gasteiger partial charge >= 0.3 is 0 Å². The quantitative estimate of drug-likeness (QED) is 0.598. The SMILES string of the molecule is CCCCCOCCC=CBr. The molecule has 0 aliphatic carbocycles. The van der Waals surface area contributed by atoms with E-state index in [0.717, 1.165) is 19.6 Å². The van der Waals surface area contributed by atoms with E-state index in [-0.39, 0.29) is 0 Å². The highest BCUT2D eigenvalue weighted by Gasteiger charge is 1.85. The van der Waals surface area contributed by atoms with E-state index in [4.69, 9.17) is 4.74 Å². The monoisotopic (exact) mass is 220 g/mol. The van der Waals surface area contributed by atoms with Gasteiger partial charge in [-0.3, -0.25) is 0 Å². The third-order valence-corrected chi connectivity index (χ3v) is 1.78. The highest BCUT2D eigenvalue weighted by Crippen LogP contribution is 1.95. The minimum atomic E-state index is 0.853. The van der Waals surface area contributed by atoms with Gasteiger partial charge in [-0.05, 0) is 17.8 Å². The molecule has 0 amide bonds. The normalized spacial score (nSPS) is 11.1. The molecule has 0 atom stereocenters. The minimum Gasteiger partial charge on any atom is -0.381 e. The van der Waals surface area contributed by atoms with Crippen LogP contribution in [-0.2, 0) is 4.74 Å². The molecular weight excluding hydrogens is 204 g/mol. The van der Waals surface area contributed by atoms with Gasteiger partial charge in [-0.15, -0.1) is 0 Å². The summed E-state index contributed by atoms with van der Waals surface area (Å²) < 4.78 is 5.37. The van der Waals surface area contributed by atoms with E-state index in [1.807, 2.05) is 4.99 Å². The summed E-state index contributed by atoms with van der Waals surface area (Å²) in [6.07, 6.45) is 6.82. The van der Waals surface area contributed by atoms with Gasteiger partial charge in [0.1, 0.15) is 0 Å². The molecule has 0 aliphatic heterocycles. The molecule has 0 aromatic heterocycles. The van der Waals surface area contributed by atoms with Gasteiger partial charge in [0, 0.05) is 6.61 Å². The Morgan fingerprint density at radius 1 is 1.27 bits per heavy atom. The number of ether oxygens (including phenoxy) is 1. The fourth-order valence-corrected chi connectivity index (χ4v) is 1.03. The van der Waals surface area contributed by atoms with E-state index in [2.05, 4.69) is 28.9 Å². The molecule has 1 nitrogen and oxygen atoms in total. The van der Waals surface area contributed by atoms with Crippen molar-refractivity contribution in [2.24, 2.45) is 0 Å². The predicted molar refractivity (Wildman–Crippen MR) is 53.0 cm³/mol. The van der Waals surface area contributed by atoms with Crippen LogP contribution in [0.2, 0.25) is 0 Å². The minimum absolute atomic E-state index is 0.853. The first-order chi connectivity index (χ1) is 5.41. The van der Waals surface area contributed by atoms with Crippen molar-refractivity contribution < 1.29 is 4.74 Å². The molecule has 0 radical (unpaired) electrons. The van der Waals surface area contributed by atoms with Gasteiger partial charge in [0.05, 0.1) is 6.61 Å². The van der Waals surface area contributed by atoms with Crippen LogP contribution in [0.3, 0.4) is 0 Å². The molecule has 0 fully saturated rings. The van der Waals surface area contributed by atoms with Crippen LogP contribution in [0.4, 0.5) is 0 Å². The van der Waals surface area contributed by atoms with Crippen molar-refractivity contribution in [1.29, 1.82) is 0 Å². The van der Waals surface area contributed by atoms with Crippen LogP contribution in [0.15, 0.2) is 11.1 Å². The third-order valence-electron chi connectivity index (χ3n) is 1.41. The van der Waals surface area contributed by atoms with Crippen molar-refractivity contribution in [3.05, 3.63) is 11.1 Å². The highest BCUT2D eigenvalue weighted by molar-refractivity contribution is 9.11. The highest BCUT2D eigenvalue weighted by atomic mass is 79.9. The van der Waals surface area contributed by atoms with Gasteiger partial charge in [0.15, 0.2) is 0 Å². The summed E-state index contributed by atoms with van der Waals surface area (Å²) in [7, 11) is 0. The zero-order valence-electron chi connectivity index (χ0n) is 7.18. The van der Waals surface area contributed by atoms with Gasteiger partial charge in [-0.1, -0.05) is 41.8 Å². The Morgan fingerprint density at radius 2 is 2.09 bits per heavy atom. The Hall–Kier alpha value is 0.180. The molecule has 0 heterocycles. The van der Waals surface area contributed by atoms with Crippen molar-refractivity contribution in [3.8, 4) is 0 Å². The van der Waals surface area contributed by atoms with Gasteiger partial charge in [0.2, 0.25) is 0 Å². The maximum absolute atomic E-state index is 5.37. The van der Waals surface area contributed by atoms with Crippen molar-refractivity contribution >= 4 is 15.9 Å². The van der Waals surface area contributed by atoms with E-state index in [1.54, 1.807) is 0 Å². The Morgan fingerprint density at radius 3 is 2.73 bits per heavy atom. The summed E-state index contributed by atoms with van der Waals surface area (Å²) in [5.74, 6) is 0. The molecule has 0 aromatic carbocycles. The van der Waals surface area contributed by atoms with Gasteiger partial charge < -0.3 is 4.74 Å². The average Bonchev–Trinajstić information content (AvgIpc) is 2.03. The first-order valence-electron chi connectivity index (χ1n) is 4.24. The molecule has 0 aliphatic rings. The van der Waals surface area contributed by atoms with Crippen LogP contribution in [-0.4, -0.2) is 13.2 Å². The maximum Gasteiger partial charge on any atom is 0.0500 e. The summed E-state index contributed by atoms with van der Waals surface area (Å²) >= 11 is 3.21. The number of hydrogen-bond acceptors (Lipinski definition) is 1. The smallest absolute Gasteiger partial charge is 0.0500 e. The Bertz CT molecular complexity index is 91.6. The zero-order chi connectivity index (χ0) is 8.36. The lowest BCUT2D eigenvalue weighted by Gasteiger charge is -1.99. The molecule has 11 heavy (non-hydrogen) atoms. The van der Waals surface area contributed by atoms with E-state index in [9.17, 15) is 0 Å². The van der Waals surface area contributed by atoms with Crippen LogP contribution in [0, 0.1) is 0 Å². The molecule has 0 spiro atoms. The van der Waals surface area contributed by atoms with Crippen LogP contribution < -0.4 is 0 Å². The molecule has 0 bridgehead atoms. The number of unbranched alkanes of at least 4 members (excludes halogenated alkanes) is 2. The summed E-state index contributed by atoms with van der Waals surface area (Å²) in [4.78, 5) is 1.88. The first kappa shape index (κ1) is 11.2. The van der Waals surface area contributed by atoms with Crippen molar-refractivity contribution in [1.82, 2.24) is 0 Å². The van der Waals surface area contributed by atoms with Crippen molar-refractivity contribution in [3.63, 3.8) is 0 Å². The summed E-state index contributed by atoms with van der Waals surface area (Å²) in [6.45, 7) is 3.98. The Balaban J connectivity index is 2.79. The molecule has 66 valence electrons. The summed E-state index contributed by atoms with van der Waals surface area (Å²) in [5.41, 5.74) is 0. The molecule has 0 rings (SSSR count). The topological polar surface area (TPSA) is 9.23 Å². The van der Waals surface area contributed by atoms with E-state index < -0.39 is 0 Å². The van der Waals surface area contributed by atoms with Crippen molar-refractivity contribution in [2.45, 2.75) is 32.6 Å². The molecule has 0 unspecified atom stereocenters. The largest absolute Gasteiger partial charge is 0.381 e. The Kier molecular flexibility index (Phi) is 10.3. The Labute approximate surface area is 78.0 Å². The third kappa shape index (κ3) is 10.2. The van der Waals surface area contributed by atoms with Gasteiger partial charge in [0.25, 0.3) is 0 Å². The molecular formula is C9H17BrO. The molecule has 0 N–H and O–H groups in total. The lowest BCUT2D eigenvalue weighted by atomic mass is 10.3. The molecule has 2 heteroatoms.